The number of aromatic nitrogens is 2. The van der Waals surface area contributed by atoms with Crippen LogP contribution in [0, 0.1) is 0 Å². The van der Waals surface area contributed by atoms with Crippen molar-refractivity contribution >= 4 is 17.2 Å². The van der Waals surface area contributed by atoms with Crippen molar-refractivity contribution in [1.82, 2.24) is 9.38 Å². The highest BCUT2D eigenvalue weighted by atomic mass is 16.1. The lowest BCUT2D eigenvalue weighted by Crippen LogP contribution is -2.20. The first-order chi connectivity index (χ1) is 13.2. The SMILES string of the molecule is CC[C@H](C(=O)Nc1cccc(-c2cn3ccccc3n2)c1)c1ccccc1. The molecule has 1 atom stereocenters. The molecule has 4 aromatic rings. The normalized spacial score (nSPS) is 12.0. The average Bonchev–Trinajstić information content (AvgIpc) is 3.14. The van der Waals surface area contributed by atoms with Gasteiger partial charge in [-0.3, -0.25) is 4.79 Å². The number of rotatable bonds is 5. The Kier molecular flexibility index (Phi) is 4.71. The summed E-state index contributed by atoms with van der Waals surface area (Å²) in [4.78, 5) is 17.5. The Morgan fingerprint density at radius 3 is 2.63 bits per heavy atom. The number of fused-ring (bicyclic) bond motifs is 1. The number of anilines is 1. The summed E-state index contributed by atoms with van der Waals surface area (Å²) in [5.74, 6) is -0.152. The zero-order valence-electron chi connectivity index (χ0n) is 15.2. The first-order valence-corrected chi connectivity index (χ1v) is 9.14. The maximum atomic E-state index is 12.8. The van der Waals surface area contributed by atoms with E-state index >= 15 is 0 Å². The molecule has 1 N–H and O–H groups in total. The van der Waals surface area contributed by atoms with E-state index < -0.39 is 0 Å². The van der Waals surface area contributed by atoms with Gasteiger partial charge >= 0.3 is 0 Å². The molecule has 0 bridgehead atoms. The zero-order chi connectivity index (χ0) is 18.6. The quantitative estimate of drug-likeness (QED) is 0.539. The van der Waals surface area contributed by atoms with Crippen molar-refractivity contribution in [2.75, 3.05) is 5.32 Å². The average molecular weight is 355 g/mol. The second-order valence-corrected chi connectivity index (χ2v) is 6.53. The Morgan fingerprint density at radius 1 is 1.04 bits per heavy atom. The van der Waals surface area contributed by atoms with E-state index in [1.165, 1.54) is 0 Å². The van der Waals surface area contributed by atoms with E-state index in [2.05, 4.69) is 10.3 Å². The Morgan fingerprint density at radius 2 is 1.85 bits per heavy atom. The number of carbonyl (C=O) groups is 1. The molecular weight excluding hydrogens is 334 g/mol. The van der Waals surface area contributed by atoms with Gasteiger partial charge in [0.2, 0.25) is 5.91 Å². The molecular formula is C23H21N3O. The largest absolute Gasteiger partial charge is 0.326 e. The van der Waals surface area contributed by atoms with Gasteiger partial charge in [-0.2, -0.15) is 0 Å². The van der Waals surface area contributed by atoms with Crippen LogP contribution < -0.4 is 5.32 Å². The molecule has 0 saturated carbocycles. The van der Waals surface area contributed by atoms with Crippen LogP contribution in [0.5, 0.6) is 0 Å². The fourth-order valence-corrected chi connectivity index (χ4v) is 3.32. The molecule has 2 aromatic heterocycles. The molecule has 0 spiro atoms. The minimum absolute atomic E-state index is 0.0100. The number of amides is 1. The summed E-state index contributed by atoms with van der Waals surface area (Å²) in [6, 6.07) is 23.6. The van der Waals surface area contributed by atoms with Crippen LogP contribution in [0.25, 0.3) is 16.9 Å². The van der Waals surface area contributed by atoms with Gasteiger partial charge in [0.1, 0.15) is 5.65 Å². The molecule has 1 amide bonds. The number of imidazole rings is 1. The summed E-state index contributed by atoms with van der Waals surface area (Å²) < 4.78 is 1.99. The van der Waals surface area contributed by atoms with Gasteiger partial charge in [0.05, 0.1) is 11.6 Å². The molecule has 4 nitrogen and oxygen atoms in total. The minimum Gasteiger partial charge on any atom is -0.326 e. The van der Waals surface area contributed by atoms with Crippen molar-refractivity contribution in [2.45, 2.75) is 19.3 Å². The summed E-state index contributed by atoms with van der Waals surface area (Å²) in [5.41, 5.74) is 4.58. The Bertz CT molecular complexity index is 1040. The van der Waals surface area contributed by atoms with Crippen molar-refractivity contribution in [3.63, 3.8) is 0 Å². The Labute approximate surface area is 158 Å². The number of benzene rings is 2. The Hall–Kier alpha value is -3.40. The van der Waals surface area contributed by atoms with Crippen molar-refractivity contribution in [1.29, 1.82) is 0 Å². The minimum atomic E-state index is -0.162. The predicted molar refractivity (Wildman–Crippen MR) is 109 cm³/mol. The van der Waals surface area contributed by atoms with Crippen LogP contribution in [0.4, 0.5) is 5.69 Å². The van der Waals surface area contributed by atoms with Crippen molar-refractivity contribution in [3.8, 4) is 11.3 Å². The van der Waals surface area contributed by atoms with Gasteiger partial charge in [-0.25, -0.2) is 4.98 Å². The van der Waals surface area contributed by atoms with E-state index in [1.54, 1.807) is 0 Å². The Balaban J connectivity index is 1.58. The smallest absolute Gasteiger partial charge is 0.231 e. The number of carbonyl (C=O) groups excluding carboxylic acids is 1. The van der Waals surface area contributed by atoms with Gasteiger partial charge in [-0.05, 0) is 36.2 Å². The van der Waals surface area contributed by atoms with E-state index in [0.29, 0.717) is 0 Å². The maximum absolute atomic E-state index is 12.8. The fourth-order valence-electron chi connectivity index (χ4n) is 3.32. The monoisotopic (exact) mass is 355 g/mol. The van der Waals surface area contributed by atoms with Crippen molar-refractivity contribution < 1.29 is 4.79 Å². The molecule has 0 aliphatic heterocycles. The lowest BCUT2D eigenvalue weighted by atomic mass is 9.95. The van der Waals surface area contributed by atoms with Gasteiger partial charge in [-0.1, -0.05) is 55.5 Å². The van der Waals surface area contributed by atoms with E-state index in [4.69, 9.17) is 0 Å². The number of pyridine rings is 1. The highest BCUT2D eigenvalue weighted by Crippen LogP contribution is 2.25. The number of hydrogen-bond donors (Lipinski definition) is 1. The highest BCUT2D eigenvalue weighted by Gasteiger charge is 2.18. The van der Waals surface area contributed by atoms with Crippen molar-refractivity contribution in [3.05, 3.63) is 90.8 Å². The zero-order valence-corrected chi connectivity index (χ0v) is 15.2. The van der Waals surface area contributed by atoms with Crippen LogP contribution in [0.2, 0.25) is 0 Å². The van der Waals surface area contributed by atoms with Crippen LogP contribution in [-0.4, -0.2) is 15.3 Å². The second-order valence-electron chi connectivity index (χ2n) is 6.53. The van der Waals surface area contributed by atoms with E-state index in [-0.39, 0.29) is 11.8 Å². The number of nitrogens with one attached hydrogen (secondary N) is 1. The molecule has 0 saturated heterocycles. The van der Waals surface area contributed by atoms with Crippen LogP contribution >= 0.6 is 0 Å². The summed E-state index contributed by atoms with van der Waals surface area (Å²) in [7, 11) is 0. The molecule has 0 unspecified atom stereocenters. The summed E-state index contributed by atoms with van der Waals surface area (Å²) >= 11 is 0. The van der Waals surface area contributed by atoms with Gasteiger partial charge < -0.3 is 9.72 Å². The van der Waals surface area contributed by atoms with Gasteiger partial charge in [-0.15, -0.1) is 0 Å². The summed E-state index contributed by atoms with van der Waals surface area (Å²) in [6.45, 7) is 2.03. The first kappa shape index (κ1) is 17.0. The first-order valence-electron chi connectivity index (χ1n) is 9.14. The third kappa shape index (κ3) is 3.60. The highest BCUT2D eigenvalue weighted by molar-refractivity contribution is 5.96. The molecule has 4 rings (SSSR count). The van der Waals surface area contributed by atoms with Gasteiger partial charge in [0.15, 0.2) is 0 Å². The predicted octanol–water partition coefficient (Wildman–Crippen LogP) is 5.13. The van der Waals surface area contributed by atoms with E-state index in [0.717, 1.165) is 34.6 Å². The fraction of sp³-hybridized carbons (Fsp3) is 0.130. The van der Waals surface area contributed by atoms with Crippen LogP contribution in [0.3, 0.4) is 0 Å². The van der Waals surface area contributed by atoms with E-state index in [1.807, 2.05) is 96.5 Å². The summed E-state index contributed by atoms with van der Waals surface area (Å²) in [5, 5.41) is 3.06. The molecule has 27 heavy (non-hydrogen) atoms. The molecule has 4 heteroatoms. The third-order valence-electron chi connectivity index (χ3n) is 4.72. The molecule has 0 aliphatic rings. The van der Waals surface area contributed by atoms with Crippen LogP contribution in [-0.2, 0) is 4.79 Å². The van der Waals surface area contributed by atoms with E-state index in [9.17, 15) is 4.79 Å². The number of hydrogen-bond acceptors (Lipinski definition) is 2. The molecule has 2 heterocycles. The van der Waals surface area contributed by atoms with Gasteiger partial charge in [0, 0.05) is 23.6 Å². The lowest BCUT2D eigenvalue weighted by molar-refractivity contribution is -0.117. The second kappa shape index (κ2) is 7.46. The summed E-state index contributed by atoms with van der Waals surface area (Å²) in [6.07, 6.45) is 4.72. The third-order valence-corrected chi connectivity index (χ3v) is 4.72. The molecule has 134 valence electrons. The molecule has 2 aromatic carbocycles. The number of nitrogens with zero attached hydrogens (tertiary/aromatic N) is 2. The standard InChI is InChI=1S/C23H21N3O/c1-2-20(17-9-4-3-5-10-17)23(27)24-19-12-8-11-18(15-19)21-16-26-14-7-6-13-22(26)25-21/h3-16,20H,2H2,1H3,(H,24,27)/t20-/m0/s1. The molecule has 0 aliphatic carbocycles. The van der Waals surface area contributed by atoms with Crippen LogP contribution in [0.1, 0.15) is 24.8 Å². The topological polar surface area (TPSA) is 46.4 Å². The molecule has 0 fully saturated rings. The maximum Gasteiger partial charge on any atom is 0.231 e. The van der Waals surface area contributed by atoms with Crippen LogP contribution in [0.15, 0.2) is 85.2 Å². The van der Waals surface area contributed by atoms with Gasteiger partial charge in [0.25, 0.3) is 0 Å². The molecule has 0 radical (unpaired) electrons. The van der Waals surface area contributed by atoms with Crippen molar-refractivity contribution in [2.24, 2.45) is 0 Å². The lowest BCUT2D eigenvalue weighted by Gasteiger charge is -2.15.